The van der Waals surface area contributed by atoms with Crippen LogP contribution in [0, 0.1) is 5.82 Å². The Hall–Kier alpha value is 0.0200. The average molecular weight is 403 g/mol. The molecule has 1 N–H and O–H groups in total. The molecule has 0 aromatic heterocycles. The van der Waals surface area contributed by atoms with Gasteiger partial charge in [-0.05, 0) is 38.5 Å². The van der Waals surface area contributed by atoms with E-state index in [4.69, 9.17) is 0 Å². The number of hydrogen-bond donors (Lipinski definition) is 1. The summed E-state index contributed by atoms with van der Waals surface area (Å²) in [5, 5.41) is 0.242. The third kappa shape index (κ3) is 3.76. The van der Waals surface area contributed by atoms with Crippen LogP contribution in [0.25, 0.3) is 0 Å². The minimum absolute atomic E-state index is 0.242. The van der Waals surface area contributed by atoms with Crippen molar-refractivity contribution >= 4 is 41.9 Å². The predicted octanol–water partition coefficient (Wildman–Crippen LogP) is 3.56. The SMILES string of the molecule is CC(C)(C)NS(=O)(=O)c1c(F)ccc(Br)c1CBr. The van der Waals surface area contributed by atoms with Gasteiger partial charge in [-0.3, -0.25) is 0 Å². The molecule has 0 aliphatic rings. The molecular formula is C11H14Br2FNO2S. The monoisotopic (exact) mass is 401 g/mol. The number of sulfonamides is 1. The van der Waals surface area contributed by atoms with Gasteiger partial charge in [0.25, 0.3) is 0 Å². The van der Waals surface area contributed by atoms with Crippen LogP contribution in [0.5, 0.6) is 0 Å². The van der Waals surface area contributed by atoms with Crippen LogP contribution in [0.2, 0.25) is 0 Å². The van der Waals surface area contributed by atoms with Gasteiger partial charge in [0.05, 0.1) is 0 Å². The third-order valence-corrected chi connectivity index (χ3v) is 5.16. The van der Waals surface area contributed by atoms with Gasteiger partial charge in [0.15, 0.2) is 0 Å². The van der Waals surface area contributed by atoms with E-state index in [1.807, 2.05) is 0 Å². The van der Waals surface area contributed by atoms with Crippen molar-refractivity contribution in [3.8, 4) is 0 Å². The van der Waals surface area contributed by atoms with Crippen LogP contribution in [0.3, 0.4) is 0 Å². The molecule has 1 rings (SSSR count). The van der Waals surface area contributed by atoms with Crippen molar-refractivity contribution < 1.29 is 12.8 Å². The first-order chi connectivity index (χ1) is 8.08. The highest BCUT2D eigenvalue weighted by molar-refractivity contribution is 9.10. The summed E-state index contributed by atoms with van der Waals surface area (Å²) in [5.41, 5.74) is -0.302. The first kappa shape index (κ1) is 16.1. The smallest absolute Gasteiger partial charge is 0.207 e. The Bertz CT molecular complexity index is 553. The van der Waals surface area contributed by atoms with Crippen LogP contribution < -0.4 is 4.72 Å². The second-order valence-electron chi connectivity index (χ2n) is 4.83. The molecule has 1 aromatic carbocycles. The van der Waals surface area contributed by atoms with Crippen LogP contribution in [0.15, 0.2) is 21.5 Å². The van der Waals surface area contributed by atoms with E-state index in [9.17, 15) is 12.8 Å². The Balaban J connectivity index is 3.46. The molecule has 3 nitrogen and oxygen atoms in total. The fourth-order valence-corrected chi connectivity index (χ4v) is 4.93. The lowest BCUT2D eigenvalue weighted by Crippen LogP contribution is -2.41. The molecule has 18 heavy (non-hydrogen) atoms. The molecule has 0 bridgehead atoms. The van der Waals surface area contributed by atoms with E-state index in [2.05, 4.69) is 36.6 Å². The highest BCUT2D eigenvalue weighted by atomic mass is 79.9. The maximum Gasteiger partial charge on any atom is 0.244 e. The number of nitrogens with one attached hydrogen (secondary N) is 1. The maximum atomic E-state index is 13.8. The van der Waals surface area contributed by atoms with Crippen LogP contribution in [0.4, 0.5) is 4.39 Å². The van der Waals surface area contributed by atoms with Gasteiger partial charge in [0, 0.05) is 15.3 Å². The van der Waals surface area contributed by atoms with E-state index in [1.54, 1.807) is 20.8 Å². The Morgan fingerprint density at radius 3 is 2.33 bits per heavy atom. The Kier molecular flexibility index (Phi) is 4.97. The zero-order valence-electron chi connectivity index (χ0n) is 10.2. The second-order valence-corrected chi connectivity index (χ2v) is 7.86. The van der Waals surface area contributed by atoms with Crippen molar-refractivity contribution in [1.29, 1.82) is 0 Å². The summed E-state index contributed by atoms with van der Waals surface area (Å²) in [4.78, 5) is -0.316. The van der Waals surface area contributed by atoms with Crippen molar-refractivity contribution in [2.45, 2.75) is 36.5 Å². The van der Waals surface area contributed by atoms with E-state index < -0.39 is 21.4 Å². The molecule has 0 saturated carbocycles. The van der Waals surface area contributed by atoms with Crippen molar-refractivity contribution in [3.05, 3.63) is 28.0 Å². The minimum atomic E-state index is -3.90. The number of benzene rings is 1. The molecule has 102 valence electrons. The zero-order chi connectivity index (χ0) is 14.1. The second kappa shape index (κ2) is 5.56. The van der Waals surface area contributed by atoms with Crippen molar-refractivity contribution in [1.82, 2.24) is 4.72 Å². The van der Waals surface area contributed by atoms with E-state index in [0.29, 0.717) is 10.0 Å². The highest BCUT2D eigenvalue weighted by Crippen LogP contribution is 2.29. The van der Waals surface area contributed by atoms with Crippen molar-refractivity contribution in [2.75, 3.05) is 0 Å². The summed E-state index contributed by atoms with van der Waals surface area (Å²) in [7, 11) is -3.90. The lowest BCUT2D eigenvalue weighted by Gasteiger charge is -2.22. The molecule has 0 saturated heterocycles. The minimum Gasteiger partial charge on any atom is -0.207 e. The number of hydrogen-bond acceptors (Lipinski definition) is 2. The first-order valence-corrected chi connectivity index (χ1v) is 8.55. The molecule has 0 aliphatic carbocycles. The Morgan fingerprint density at radius 2 is 1.89 bits per heavy atom. The fraction of sp³-hybridized carbons (Fsp3) is 0.455. The Labute approximate surface area is 123 Å². The van der Waals surface area contributed by atoms with Gasteiger partial charge in [-0.15, -0.1) is 0 Å². The topological polar surface area (TPSA) is 46.2 Å². The summed E-state index contributed by atoms with van der Waals surface area (Å²) in [6, 6.07) is 2.62. The van der Waals surface area contributed by atoms with E-state index in [1.165, 1.54) is 6.07 Å². The van der Waals surface area contributed by atoms with E-state index >= 15 is 0 Å². The average Bonchev–Trinajstić information content (AvgIpc) is 2.17. The molecule has 0 atom stereocenters. The standard InChI is InChI=1S/C11H14Br2FNO2S/c1-11(2,3)15-18(16,17)10-7(6-12)8(13)4-5-9(10)14/h4-5,15H,6H2,1-3H3. The van der Waals surface area contributed by atoms with Gasteiger partial charge in [0.1, 0.15) is 10.7 Å². The Morgan fingerprint density at radius 1 is 1.33 bits per heavy atom. The molecule has 1 aromatic rings. The summed E-state index contributed by atoms with van der Waals surface area (Å²) >= 11 is 6.40. The molecule has 0 amide bonds. The number of halogens is 3. The molecule has 0 fully saturated rings. The van der Waals surface area contributed by atoms with Gasteiger partial charge >= 0.3 is 0 Å². The van der Waals surface area contributed by atoms with Crippen LogP contribution in [0.1, 0.15) is 26.3 Å². The van der Waals surface area contributed by atoms with Gasteiger partial charge in [-0.25, -0.2) is 17.5 Å². The van der Waals surface area contributed by atoms with Crippen LogP contribution >= 0.6 is 31.9 Å². The van der Waals surface area contributed by atoms with E-state index in [0.717, 1.165) is 6.07 Å². The first-order valence-electron chi connectivity index (χ1n) is 5.15. The van der Waals surface area contributed by atoms with E-state index in [-0.39, 0.29) is 10.2 Å². The summed E-state index contributed by atoms with van der Waals surface area (Å²) in [6.07, 6.45) is 0. The lowest BCUT2D eigenvalue weighted by atomic mass is 10.1. The van der Waals surface area contributed by atoms with Gasteiger partial charge in [0.2, 0.25) is 10.0 Å². The van der Waals surface area contributed by atoms with Crippen LogP contribution in [-0.2, 0) is 15.4 Å². The number of rotatable bonds is 3. The summed E-state index contributed by atoms with van der Waals surface area (Å²) < 4.78 is 41.2. The highest BCUT2D eigenvalue weighted by Gasteiger charge is 2.28. The fourth-order valence-electron chi connectivity index (χ4n) is 1.44. The molecule has 0 radical (unpaired) electrons. The molecule has 0 heterocycles. The van der Waals surface area contributed by atoms with Crippen molar-refractivity contribution in [2.24, 2.45) is 0 Å². The zero-order valence-corrected chi connectivity index (χ0v) is 14.2. The lowest BCUT2D eigenvalue weighted by molar-refractivity contribution is 0.485. The molecule has 0 aliphatic heterocycles. The predicted molar refractivity (Wildman–Crippen MR) is 76.8 cm³/mol. The summed E-state index contributed by atoms with van der Waals surface area (Å²) in [6.45, 7) is 5.11. The molecule has 0 spiro atoms. The largest absolute Gasteiger partial charge is 0.244 e. The maximum absolute atomic E-state index is 13.8. The normalized spacial score (nSPS) is 12.8. The molecule has 7 heteroatoms. The number of alkyl halides is 1. The summed E-state index contributed by atoms with van der Waals surface area (Å²) in [5.74, 6) is -0.760. The van der Waals surface area contributed by atoms with Gasteiger partial charge in [-0.2, -0.15) is 0 Å². The van der Waals surface area contributed by atoms with Gasteiger partial charge in [-0.1, -0.05) is 31.9 Å². The third-order valence-electron chi connectivity index (χ3n) is 2.00. The van der Waals surface area contributed by atoms with Gasteiger partial charge < -0.3 is 0 Å². The van der Waals surface area contributed by atoms with Crippen molar-refractivity contribution in [3.63, 3.8) is 0 Å². The molecule has 0 unspecified atom stereocenters. The van der Waals surface area contributed by atoms with Crippen LogP contribution in [-0.4, -0.2) is 14.0 Å². The molecular weight excluding hydrogens is 389 g/mol. The quantitative estimate of drug-likeness (QED) is 0.785.